The monoisotopic (exact) mass is 428 g/mol. The predicted octanol–water partition coefficient (Wildman–Crippen LogP) is 4.66. The van der Waals surface area contributed by atoms with Gasteiger partial charge in [-0.25, -0.2) is 0 Å². The van der Waals surface area contributed by atoms with E-state index in [2.05, 4.69) is 68.9 Å². The van der Waals surface area contributed by atoms with Gasteiger partial charge >= 0.3 is 0 Å². The Labute approximate surface area is 183 Å². The molecule has 3 aromatic rings. The average Bonchev–Trinajstić information content (AvgIpc) is 3.45. The normalized spacial score (nSPS) is 18.8. The van der Waals surface area contributed by atoms with E-state index in [4.69, 9.17) is 5.10 Å². The molecule has 2 aliphatic heterocycles. The van der Waals surface area contributed by atoms with Crippen LogP contribution in [0.25, 0.3) is 10.6 Å². The molecule has 2 aliphatic rings. The highest BCUT2D eigenvalue weighted by Crippen LogP contribution is 2.39. The van der Waals surface area contributed by atoms with Gasteiger partial charge in [-0.3, -0.25) is 9.58 Å². The van der Waals surface area contributed by atoms with E-state index in [1.165, 1.54) is 61.4 Å². The Balaban J connectivity index is 0.00000205. The van der Waals surface area contributed by atoms with Crippen LogP contribution in [-0.2, 0) is 13.1 Å². The fourth-order valence-electron chi connectivity index (χ4n) is 4.82. The molecule has 0 bridgehead atoms. The van der Waals surface area contributed by atoms with E-state index in [0.717, 1.165) is 18.8 Å². The smallest absolute Gasteiger partial charge is 0.107 e. The van der Waals surface area contributed by atoms with Crippen molar-refractivity contribution in [3.8, 4) is 10.6 Å². The molecule has 0 unspecified atom stereocenters. The van der Waals surface area contributed by atoms with Gasteiger partial charge in [-0.15, -0.1) is 23.7 Å². The van der Waals surface area contributed by atoms with E-state index in [1.54, 1.807) is 11.3 Å². The maximum Gasteiger partial charge on any atom is 0.107 e. The quantitative estimate of drug-likeness (QED) is 0.641. The molecule has 0 aliphatic carbocycles. The zero-order valence-electron chi connectivity index (χ0n) is 16.7. The molecule has 1 aromatic carbocycles. The molecule has 4 heterocycles. The fourth-order valence-corrected chi connectivity index (χ4v) is 5.56. The Morgan fingerprint density at radius 3 is 2.59 bits per heavy atom. The number of nitrogens with zero attached hydrogens (tertiary/aromatic N) is 3. The summed E-state index contributed by atoms with van der Waals surface area (Å²) >= 11 is 1.79. The number of piperidine rings is 1. The molecule has 0 amide bonds. The molecule has 2 saturated heterocycles. The summed E-state index contributed by atoms with van der Waals surface area (Å²) in [6.07, 6.45) is 6.28. The first kappa shape index (κ1) is 20.6. The third-order valence-corrected chi connectivity index (χ3v) is 7.23. The van der Waals surface area contributed by atoms with Gasteiger partial charge in [-0.2, -0.15) is 5.10 Å². The minimum Gasteiger partial charge on any atom is -0.317 e. The van der Waals surface area contributed by atoms with E-state index >= 15 is 0 Å². The van der Waals surface area contributed by atoms with Gasteiger partial charge in [0.05, 0.1) is 11.4 Å². The van der Waals surface area contributed by atoms with Gasteiger partial charge in [-0.1, -0.05) is 36.4 Å². The Kier molecular flexibility index (Phi) is 6.40. The summed E-state index contributed by atoms with van der Waals surface area (Å²) in [4.78, 5) is 3.93. The lowest BCUT2D eigenvalue weighted by Gasteiger charge is -2.33. The molecule has 154 valence electrons. The summed E-state index contributed by atoms with van der Waals surface area (Å²) < 4.78 is 2.12. The lowest BCUT2D eigenvalue weighted by molar-refractivity contribution is 0.194. The van der Waals surface area contributed by atoms with E-state index in [1.807, 2.05) is 0 Å². The number of likely N-dealkylation sites (tertiary alicyclic amines) is 1. The SMILES string of the molecule is Cl.c1ccc(Cn2cc(CN3CCC4(CCNCC4)C3)c(-c3cccs3)n2)cc1. The Morgan fingerprint density at radius 2 is 1.83 bits per heavy atom. The first-order valence-electron chi connectivity index (χ1n) is 10.4. The van der Waals surface area contributed by atoms with Crippen molar-refractivity contribution in [3.05, 3.63) is 65.2 Å². The van der Waals surface area contributed by atoms with Crippen LogP contribution in [0, 0.1) is 5.41 Å². The number of halogens is 1. The summed E-state index contributed by atoms with van der Waals surface area (Å²) in [7, 11) is 0. The number of hydrogen-bond donors (Lipinski definition) is 1. The molecular weight excluding hydrogens is 400 g/mol. The van der Waals surface area contributed by atoms with E-state index in [0.29, 0.717) is 5.41 Å². The Morgan fingerprint density at radius 1 is 1.00 bits per heavy atom. The maximum absolute atomic E-state index is 4.98. The molecule has 2 aromatic heterocycles. The van der Waals surface area contributed by atoms with Gasteiger partial charge in [0.25, 0.3) is 0 Å². The van der Waals surface area contributed by atoms with Crippen molar-refractivity contribution in [1.82, 2.24) is 20.0 Å². The second-order valence-electron chi connectivity index (χ2n) is 8.37. The van der Waals surface area contributed by atoms with Crippen LogP contribution < -0.4 is 5.32 Å². The molecule has 2 fully saturated rings. The topological polar surface area (TPSA) is 33.1 Å². The molecule has 6 heteroatoms. The molecule has 4 nitrogen and oxygen atoms in total. The summed E-state index contributed by atoms with van der Waals surface area (Å²) in [5, 5.41) is 10.7. The molecule has 1 N–H and O–H groups in total. The van der Waals surface area contributed by atoms with Crippen molar-refractivity contribution in [2.24, 2.45) is 5.41 Å². The van der Waals surface area contributed by atoms with Crippen molar-refractivity contribution in [3.63, 3.8) is 0 Å². The zero-order chi connectivity index (χ0) is 18.8. The summed E-state index contributed by atoms with van der Waals surface area (Å²) in [6, 6.07) is 14.9. The van der Waals surface area contributed by atoms with Gasteiger partial charge in [0, 0.05) is 24.8 Å². The van der Waals surface area contributed by atoms with Crippen LogP contribution in [0.5, 0.6) is 0 Å². The fraction of sp³-hybridized carbons (Fsp3) is 0.435. The van der Waals surface area contributed by atoms with Crippen molar-refractivity contribution in [2.45, 2.75) is 32.4 Å². The van der Waals surface area contributed by atoms with E-state index in [-0.39, 0.29) is 12.4 Å². The van der Waals surface area contributed by atoms with Crippen LogP contribution in [-0.4, -0.2) is 40.9 Å². The minimum atomic E-state index is 0. The van der Waals surface area contributed by atoms with Gasteiger partial charge in [0.1, 0.15) is 5.69 Å². The molecule has 0 radical (unpaired) electrons. The second-order valence-corrected chi connectivity index (χ2v) is 9.32. The van der Waals surface area contributed by atoms with Crippen LogP contribution in [0.3, 0.4) is 0 Å². The van der Waals surface area contributed by atoms with Crippen LogP contribution in [0.1, 0.15) is 30.4 Å². The highest BCUT2D eigenvalue weighted by atomic mass is 35.5. The van der Waals surface area contributed by atoms with Gasteiger partial charge < -0.3 is 5.32 Å². The van der Waals surface area contributed by atoms with Crippen molar-refractivity contribution in [1.29, 1.82) is 0 Å². The van der Waals surface area contributed by atoms with Crippen molar-refractivity contribution < 1.29 is 0 Å². The predicted molar refractivity (Wildman–Crippen MR) is 123 cm³/mol. The third-order valence-electron chi connectivity index (χ3n) is 6.35. The summed E-state index contributed by atoms with van der Waals surface area (Å²) in [6.45, 7) is 6.66. The number of aromatic nitrogens is 2. The first-order valence-corrected chi connectivity index (χ1v) is 11.2. The molecule has 0 atom stereocenters. The molecular formula is C23H29ClN4S. The highest BCUT2D eigenvalue weighted by molar-refractivity contribution is 7.13. The van der Waals surface area contributed by atoms with Crippen LogP contribution in [0.4, 0.5) is 0 Å². The largest absolute Gasteiger partial charge is 0.317 e. The Bertz CT molecular complexity index is 900. The summed E-state index contributed by atoms with van der Waals surface area (Å²) in [5.74, 6) is 0. The number of nitrogens with one attached hydrogen (secondary N) is 1. The number of thiophene rings is 1. The number of rotatable bonds is 5. The van der Waals surface area contributed by atoms with Crippen molar-refractivity contribution in [2.75, 3.05) is 26.2 Å². The van der Waals surface area contributed by atoms with Gasteiger partial charge in [0.15, 0.2) is 0 Å². The lowest BCUT2D eigenvalue weighted by Crippen LogP contribution is -2.38. The van der Waals surface area contributed by atoms with Crippen LogP contribution in [0.2, 0.25) is 0 Å². The Hall–Kier alpha value is -1.66. The molecule has 0 saturated carbocycles. The minimum absolute atomic E-state index is 0. The number of hydrogen-bond acceptors (Lipinski definition) is 4. The van der Waals surface area contributed by atoms with E-state index < -0.39 is 0 Å². The van der Waals surface area contributed by atoms with Crippen molar-refractivity contribution >= 4 is 23.7 Å². The standard InChI is InChI=1S/C23H28N4S.ClH/c1-2-5-19(6-3-1)15-27-17-20(22(25-27)21-7-4-14-28-21)16-26-13-10-23(18-26)8-11-24-12-9-23;/h1-7,14,17,24H,8-13,15-16,18H2;1H. The number of benzene rings is 1. The zero-order valence-corrected chi connectivity index (χ0v) is 18.4. The maximum atomic E-state index is 4.98. The van der Waals surface area contributed by atoms with E-state index in [9.17, 15) is 0 Å². The first-order chi connectivity index (χ1) is 13.8. The molecule has 1 spiro atoms. The van der Waals surface area contributed by atoms with Gasteiger partial charge in [-0.05, 0) is 61.3 Å². The lowest BCUT2D eigenvalue weighted by atomic mass is 9.78. The summed E-state index contributed by atoms with van der Waals surface area (Å²) in [5.41, 5.74) is 4.37. The van der Waals surface area contributed by atoms with Gasteiger partial charge in [0.2, 0.25) is 0 Å². The second kappa shape index (κ2) is 9.00. The molecule has 5 rings (SSSR count). The average molecular weight is 429 g/mol. The van der Waals surface area contributed by atoms with Crippen LogP contribution >= 0.6 is 23.7 Å². The van der Waals surface area contributed by atoms with Crippen LogP contribution in [0.15, 0.2) is 54.0 Å². The third kappa shape index (κ3) is 4.58. The highest BCUT2D eigenvalue weighted by Gasteiger charge is 2.38. The molecule has 29 heavy (non-hydrogen) atoms.